The van der Waals surface area contributed by atoms with Crippen molar-refractivity contribution >= 4 is 0 Å². The molecule has 0 aromatic heterocycles. The van der Waals surface area contributed by atoms with Crippen molar-refractivity contribution in [3.8, 4) is 0 Å². The molecule has 1 aromatic carbocycles. The van der Waals surface area contributed by atoms with E-state index in [4.69, 9.17) is 5.73 Å². The van der Waals surface area contributed by atoms with Crippen molar-refractivity contribution in [3.05, 3.63) is 57.7 Å². The predicted octanol–water partition coefficient (Wildman–Crippen LogP) is 4.69. The molecular formula is C18H25N. The number of nitrogens with two attached hydrogens (primary N) is 1. The van der Waals surface area contributed by atoms with E-state index in [0.717, 1.165) is 6.42 Å². The molecule has 0 fully saturated rings. The average molecular weight is 255 g/mol. The largest absolute Gasteiger partial charge is 0.324 e. The third kappa shape index (κ3) is 2.66. The first-order valence-corrected chi connectivity index (χ1v) is 7.09. The van der Waals surface area contributed by atoms with Gasteiger partial charge in [-0.15, -0.1) is 0 Å². The Labute approximate surface area is 117 Å². The minimum Gasteiger partial charge on any atom is -0.324 e. The van der Waals surface area contributed by atoms with Crippen LogP contribution in [0, 0.1) is 12.8 Å². The predicted molar refractivity (Wildman–Crippen MR) is 83.0 cm³/mol. The van der Waals surface area contributed by atoms with Gasteiger partial charge in [0, 0.05) is 12.0 Å². The zero-order valence-corrected chi connectivity index (χ0v) is 12.7. The lowest BCUT2D eigenvalue weighted by atomic mass is 9.87. The molecule has 1 nitrogen and oxygen atoms in total. The Morgan fingerprint density at radius 1 is 0.895 bits per heavy atom. The van der Waals surface area contributed by atoms with Crippen molar-refractivity contribution in [3.63, 3.8) is 0 Å². The van der Waals surface area contributed by atoms with Gasteiger partial charge in [0.2, 0.25) is 0 Å². The van der Waals surface area contributed by atoms with Gasteiger partial charge in [-0.3, -0.25) is 0 Å². The quantitative estimate of drug-likeness (QED) is 0.833. The van der Waals surface area contributed by atoms with Gasteiger partial charge in [0.05, 0.1) is 0 Å². The number of aryl methyl sites for hydroxylation is 1. The molecule has 0 saturated carbocycles. The summed E-state index contributed by atoms with van der Waals surface area (Å²) in [5.74, 6) is 0.524. The highest BCUT2D eigenvalue weighted by molar-refractivity contribution is 5.46. The van der Waals surface area contributed by atoms with E-state index in [1.54, 1.807) is 0 Å². The Kier molecular flexibility index (Phi) is 3.96. The first kappa shape index (κ1) is 14.1. The van der Waals surface area contributed by atoms with Crippen LogP contribution in [0.1, 0.15) is 51.3 Å². The number of allylic oxidation sites excluding steroid dienone is 4. The summed E-state index contributed by atoms with van der Waals surface area (Å²) in [7, 11) is 0. The van der Waals surface area contributed by atoms with Crippen LogP contribution >= 0.6 is 0 Å². The van der Waals surface area contributed by atoms with Crippen LogP contribution in [0.4, 0.5) is 0 Å². The van der Waals surface area contributed by atoms with E-state index in [1.165, 1.54) is 33.4 Å². The number of hydrogen-bond acceptors (Lipinski definition) is 1. The Morgan fingerprint density at radius 3 is 1.84 bits per heavy atom. The zero-order valence-electron chi connectivity index (χ0n) is 12.7. The Balaban J connectivity index is 2.16. The minimum absolute atomic E-state index is 0.120. The summed E-state index contributed by atoms with van der Waals surface area (Å²) in [5, 5.41) is 0. The van der Waals surface area contributed by atoms with Crippen LogP contribution in [0.5, 0.6) is 0 Å². The van der Waals surface area contributed by atoms with Crippen LogP contribution in [0.15, 0.2) is 46.6 Å². The van der Waals surface area contributed by atoms with Crippen molar-refractivity contribution in [2.45, 2.75) is 47.1 Å². The lowest BCUT2D eigenvalue weighted by molar-refractivity contribution is 0.552. The first-order valence-electron chi connectivity index (χ1n) is 7.09. The second kappa shape index (κ2) is 5.34. The monoisotopic (exact) mass is 255 g/mol. The Hall–Kier alpha value is -1.34. The van der Waals surface area contributed by atoms with Crippen LogP contribution in [0.3, 0.4) is 0 Å². The van der Waals surface area contributed by atoms with Gasteiger partial charge >= 0.3 is 0 Å². The molecule has 0 saturated heterocycles. The molecule has 1 aliphatic carbocycles. The topological polar surface area (TPSA) is 26.0 Å². The van der Waals surface area contributed by atoms with Crippen LogP contribution in [0.2, 0.25) is 0 Å². The van der Waals surface area contributed by atoms with E-state index in [1.807, 2.05) is 0 Å². The SMILES string of the molecule is CC1=C(C)C(CC(N)c2ccc(C)cc2)C(C)=C1C. The van der Waals surface area contributed by atoms with Crippen molar-refractivity contribution < 1.29 is 0 Å². The summed E-state index contributed by atoms with van der Waals surface area (Å²) in [5.41, 5.74) is 14.8. The smallest absolute Gasteiger partial charge is 0.0303 e. The van der Waals surface area contributed by atoms with Gasteiger partial charge in [0.25, 0.3) is 0 Å². The molecule has 1 heteroatoms. The summed E-state index contributed by atoms with van der Waals surface area (Å²) < 4.78 is 0. The molecule has 1 aliphatic rings. The number of hydrogen-bond donors (Lipinski definition) is 1. The van der Waals surface area contributed by atoms with Crippen molar-refractivity contribution in [2.75, 3.05) is 0 Å². The minimum atomic E-state index is 0.120. The molecule has 0 amide bonds. The van der Waals surface area contributed by atoms with Gasteiger partial charge < -0.3 is 5.73 Å². The molecule has 1 aromatic rings. The Bertz CT molecular complexity index is 507. The number of rotatable bonds is 3. The fraction of sp³-hybridized carbons (Fsp3) is 0.444. The van der Waals surface area contributed by atoms with Crippen LogP contribution in [-0.4, -0.2) is 0 Å². The fourth-order valence-electron chi connectivity index (χ4n) is 3.00. The number of benzene rings is 1. The standard InChI is InChI=1S/C18H25N/c1-11-6-8-16(9-7-11)18(19)10-17-14(4)12(2)13(3)15(17)5/h6-9,17-18H,10,19H2,1-5H3. The van der Waals surface area contributed by atoms with Gasteiger partial charge in [-0.2, -0.15) is 0 Å². The van der Waals surface area contributed by atoms with E-state index in [9.17, 15) is 0 Å². The van der Waals surface area contributed by atoms with Crippen LogP contribution in [-0.2, 0) is 0 Å². The van der Waals surface area contributed by atoms with E-state index in [2.05, 4.69) is 58.9 Å². The maximum absolute atomic E-state index is 6.40. The van der Waals surface area contributed by atoms with E-state index >= 15 is 0 Å². The molecule has 0 radical (unpaired) electrons. The highest BCUT2D eigenvalue weighted by Gasteiger charge is 2.26. The molecule has 19 heavy (non-hydrogen) atoms. The summed E-state index contributed by atoms with van der Waals surface area (Å²) >= 11 is 0. The van der Waals surface area contributed by atoms with Gasteiger partial charge in [0.1, 0.15) is 0 Å². The average Bonchev–Trinajstić information content (AvgIpc) is 2.57. The summed E-state index contributed by atoms with van der Waals surface area (Å²) in [6, 6.07) is 8.73. The molecule has 0 heterocycles. The lowest BCUT2D eigenvalue weighted by Gasteiger charge is -2.20. The summed E-state index contributed by atoms with van der Waals surface area (Å²) in [6.07, 6.45) is 1.01. The third-order valence-corrected chi connectivity index (χ3v) is 4.79. The van der Waals surface area contributed by atoms with E-state index in [0.29, 0.717) is 5.92 Å². The summed E-state index contributed by atoms with van der Waals surface area (Å²) in [4.78, 5) is 0. The first-order chi connectivity index (χ1) is 8.91. The third-order valence-electron chi connectivity index (χ3n) is 4.79. The summed E-state index contributed by atoms with van der Waals surface area (Å²) in [6.45, 7) is 11.1. The zero-order chi connectivity index (χ0) is 14.2. The van der Waals surface area contributed by atoms with E-state index in [-0.39, 0.29) is 6.04 Å². The van der Waals surface area contributed by atoms with Crippen molar-refractivity contribution in [2.24, 2.45) is 11.7 Å². The Morgan fingerprint density at radius 2 is 1.37 bits per heavy atom. The molecular weight excluding hydrogens is 230 g/mol. The maximum atomic E-state index is 6.40. The molecule has 1 unspecified atom stereocenters. The fourth-order valence-corrected chi connectivity index (χ4v) is 3.00. The van der Waals surface area contributed by atoms with Gasteiger partial charge in [-0.25, -0.2) is 0 Å². The highest BCUT2D eigenvalue weighted by Crippen LogP contribution is 2.40. The van der Waals surface area contributed by atoms with Crippen LogP contribution in [0.25, 0.3) is 0 Å². The van der Waals surface area contributed by atoms with Crippen molar-refractivity contribution in [1.82, 2.24) is 0 Å². The van der Waals surface area contributed by atoms with E-state index < -0.39 is 0 Å². The maximum Gasteiger partial charge on any atom is 0.0303 e. The lowest BCUT2D eigenvalue weighted by Crippen LogP contribution is -2.16. The molecule has 2 rings (SSSR count). The second-order valence-electron chi connectivity index (χ2n) is 5.92. The molecule has 0 spiro atoms. The molecule has 2 N–H and O–H groups in total. The van der Waals surface area contributed by atoms with Gasteiger partial charge in [-0.05, 0) is 57.7 Å². The molecule has 1 atom stereocenters. The van der Waals surface area contributed by atoms with Gasteiger partial charge in [-0.1, -0.05) is 41.0 Å². The highest BCUT2D eigenvalue weighted by atomic mass is 14.6. The molecule has 0 aliphatic heterocycles. The molecule has 102 valence electrons. The normalized spacial score (nSPS) is 18.4. The van der Waals surface area contributed by atoms with Gasteiger partial charge in [0.15, 0.2) is 0 Å². The molecule has 0 bridgehead atoms. The van der Waals surface area contributed by atoms with Crippen LogP contribution < -0.4 is 5.73 Å². The second-order valence-corrected chi connectivity index (χ2v) is 5.92. The van der Waals surface area contributed by atoms with Crippen molar-refractivity contribution in [1.29, 1.82) is 0 Å².